The van der Waals surface area contributed by atoms with Gasteiger partial charge in [0.1, 0.15) is 5.75 Å². The average molecular weight is 482 g/mol. The van der Waals surface area contributed by atoms with Crippen molar-refractivity contribution in [3.63, 3.8) is 0 Å². The number of carbonyl (C=O) groups is 1. The zero-order valence-corrected chi connectivity index (χ0v) is 21.1. The summed E-state index contributed by atoms with van der Waals surface area (Å²) in [6.45, 7) is 4.41. The second kappa shape index (κ2) is 9.25. The van der Waals surface area contributed by atoms with Crippen LogP contribution < -0.4 is 4.74 Å². The van der Waals surface area contributed by atoms with Gasteiger partial charge in [0.15, 0.2) is 9.84 Å². The van der Waals surface area contributed by atoms with Crippen LogP contribution in [0.5, 0.6) is 5.75 Å². The number of carbonyl (C=O) groups excluding carboxylic acids is 1. The fourth-order valence-corrected chi connectivity index (χ4v) is 4.72. The van der Waals surface area contributed by atoms with Gasteiger partial charge in [-0.2, -0.15) is 5.10 Å². The van der Waals surface area contributed by atoms with Gasteiger partial charge in [-0.25, -0.2) is 8.42 Å². The highest BCUT2D eigenvalue weighted by Gasteiger charge is 2.32. The predicted molar refractivity (Wildman–Crippen MR) is 133 cm³/mol. The van der Waals surface area contributed by atoms with Crippen LogP contribution in [0.25, 0.3) is 11.1 Å². The van der Waals surface area contributed by atoms with Crippen LogP contribution >= 0.6 is 0 Å². The fraction of sp³-hybridized carbons (Fsp3) is 0.385. The highest BCUT2D eigenvalue weighted by Crippen LogP contribution is 2.41. The summed E-state index contributed by atoms with van der Waals surface area (Å²) in [5, 5.41) is 4.27. The van der Waals surface area contributed by atoms with Crippen LogP contribution in [-0.4, -0.2) is 48.9 Å². The first-order valence-corrected chi connectivity index (χ1v) is 13.3. The Hall–Kier alpha value is -3.13. The summed E-state index contributed by atoms with van der Waals surface area (Å²) in [7, 11) is 0.151. The lowest BCUT2D eigenvalue weighted by atomic mass is 9.84. The van der Waals surface area contributed by atoms with E-state index in [0.29, 0.717) is 23.8 Å². The third kappa shape index (κ3) is 5.01. The standard InChI is InChI=1S/C26H31N3O4S/c1-6-19(20-13-27-29(4)14-20)11-22-17(2)26(30)28(3)15-24(22)23-12-21(34(5,31)32)9-10-25(23)33-16-18-7-8-18/h6,9-15,17-18H,7-8,16H2,1-5H3/b19-6+,22-11+. The van der Waals surface area contributed by atoms with Gasteiger partial charge in [-0.05, 0) is 68.0 Å². The molecule has 1 aliphatic carbocycles. The molecule has 1 amide bonds. The molecule has 180 valence electrons. The van der Waals surface area contributed by atoms with E-state index in [1.54, 1.807) is 47.2 Å². The molecule has 0 bridgehead atoms. The molecule has 2 aliphatic rings. The predicted octanol–water partition coefficient (Wildman–Crippen LogP) is 4.09. The number of rotatable bonds is 7. The molecule has 2 aromatic rings. The van der Waals surface area contributed by atoms with E-state index in [0.717, 1.165) is 35.1 Å². The van der Waals surface area contributed by atoms with E-state index in [2.05, 4.69) is 5.10 Å². The van der Waals surface area contributed by atoms with Crippen molar-refractivity contribution >= 4 is 26.9 Å². The summed E-state index contributed by atoms with van der Waals surface area (Å²) in [5.74, 6) is 0.710. The Balaban J connectivity index is 1.88. The molecule has 34 heavy (non-hydrogen) atoms. The van der Waals surface area contributed by atoms with Gasteiger partial charge in [-0.1, -0.05) is 6.08 Å². The molecule has 1 saturated carbocycles. The minimum Gasteiger partial charge on any atom is -0.493 e. The molecule has 2 heterocycles. The maximum atomic E-state index is 12.9. The third-order valence-electron chi connectivity index (χ3n) is 6.32. The van der Waals surface area contributed by atoms with Gasteiger partial charge < -0.3 is 9.64 Å². The van der Waals surface area contributed by atoms with Crippen molar-refractivity contribution in [1.82, 2.24) is 14.7 Å². The first-order chi connectivity index (χ1) is 16.1. The highest BCUT2D eigenvalue weighted by molar-refractivity contribution is 7.90. The molecule has 0 N–H and O–H groups in total. The number of sulfone groups is 1. The van der Waals surface area contributed by atoms with Crippen LogP contribution in [0.4, 0.5) is 0 Å². The van der Waals surface area contributed by atoms with Crippen molar-refractivity contribution in [2.75, 3.05) is 19.9 Å². The lowest BCUT2D eigenvalue weighted by Gasteiger charge is -2.30. The van der Waals surface area contributed by atoms with Gasteiger partial charge in [-0.3, -0.25) is 9.48 Å². The molecule has 0 radical (unpaired) electrons. The van der Waals surface area contributed by atoms with Crippen molar-refractivity contribution in [2.45, 2.75) is 31.6 Å². The third-order valence-corrected chi connectivity index (χ3v) is 7.43. The van der Waals surface area contributed by atoms with Crippen molar-refractivity contribution in [2.24, 2.45) is 18.9 Å². The Morgan fingerprint density at radius 2 is 2.00 bits per heavy atom. The summed E-state index contributed by atoms with van der Waals surface area (Å²) in [5.41, 5.74) is 4.11. The lowest BCUT2D eigenvalue weighted by molar-refractivity contribution is -0.130. The van der Waals surface area contributed by atoms with E-state index in [1.807, 2.05) is 39.2 Å². The van der Waals surface area contributed by atoms with Crippen molar-refractivity contribution in [3.8, 4) is 5.75 Å². The summed E-state index contributed by atoms with van der Waals surface area (Å²) < 4.78 is 32.6. The van der Waals surface area contributed by atoms with E-state index >= 15 is 0 Å². The quantitative estimate of drug-likeness (QED) is 0.595. The molecule has 0 spiro atoms. The van der Waals surface area contributed by atoms with E-state index in [-0.39, 0.29) is 10.8 Å². The minimum atomic E-state index is -3.43. The van der Waals surface area contributed by atoms with Crippen molar-refractivity contribution < 1.29 is 17.9 Å². The fourth-order valence-electron chi connectivity index (χ4n) is 4.07. The van der Waals surface area contributed by atoms with E-state index in [4.69, 9.17) is 4.74 Å². The number of amides is 1. The lowest BCUT2D eigenvalue weighted by Crippen LogP contribution is -2.33. The normalized spacial score (nSPS) is 20.6. The van der Waals surface area contributed by atoms with Gasteiger partial charge in [0, 0.05) is 49.4 Å². The second-order valence-electron chi connectivity index (χ2n) is 9.14. The summed E-state index contributed by atoms with van der Waals surface area (Å²) in [4.78, 5) is 14.7. The van der Waals surface area contributed by atoms with E-state index in [1.165, 1.54) is 6.26 Å². The summed E-state index contributed by atoms with van der Waals surface area (Å²) in [6, 6.07) is 4.97. The Morgan fingerprint density at radius 3 is 2.59 bits per heavy atom. The van der Waals surface area contributed by atoms with E-state index < -0.39 is 15.8 Å². The Labute approximate surface area is 201 Å². The Kier molecular flexibility index (Phi) is 6.53. The maximum Gasteiger partial charge on any atom is 0.233 e. The molecule has 0 saturated heterocycles. The zero-order chi connectivity index (χ0) is 24.6. The zero-order valence-electron chi connectivity index (χ0n) is 20.3. The number of hydrogen-bond donors (Lipinski definition) is 0. The number of nitrogens with zero attached hydrogens (tertiary/aromatic N) is 3. The van der Waals surface area contributed by atoms with Crippen molar-refractivity contribution in [1.29, 1.82) is 0 Å². The molecule has 1 unspecified atom stereocenters. The smallest absolute Gasteiger partial charge is 0.233 e. The first-order valence-electron chi connectivity index (χ1n) is 11.4. The van der Waals surface area contributed by atoms with Gasteiger partial charge in [-0.15, -0.1) is 0 Å². The first kappa shape index (κ1) is 24.0. The molecule has 1 fully saturated rings. The average Bonchev–Trinajstić information content (AvgIpc) is 3.53. The molecule has 1 atom stereocenters. The largest absolute Gasteiger partial charge is 0.493 e. The number of benzene rings is 1. The minimum absolute atomic E-state index is 0.0312. The van der Waals surface area contributed by atoms with Gasteiger partial charge in [0.2, 0.25) is 5.91 Å². The molecule has 1 aromatic carbocycles. The topological polar surface area (TPSA) is 81.5 Å². The van der Waals surface area contributed by atoms with Crippen LogP contribution in [0.2, 0.25) is 0 Å². The van der Waals surface area contributed by atoms with Crippen LogP contribution in [0.3, 0.4) is 0 Å². The molecule has 1 aromatic heterocycles. The Bertz CT molecular complexity index is 1310. The number of aryl methyl sites for hydroxylation is 1. The monoisotopic (exact) mass is 481 g/mol. The van der Waals surface area contributed by atoms with Crippen LogP contribution in [0.15, 0.2) is 59.4 Å². The van der Waals surface area contributed by atoms with E-state index in [9.17, 15) is 13.2 Å². The summed E-state index contributed by atoms with van der Waals surface area (Å²) >= 11 is 0. The number of ether oxygens (including phenoxy) is 1. The number of aromatic nitrogens is 2. The molecular weight excluding hydrogens is 450 g/mol. The maximum absolute atomic E-state index is 12.9. The van der Waals surface area contributed by atoms with Crippen LogP contribution in [-0.2, 0) is 21.7 Å². The van der Waals surface area contributed by atoms with Crippen LogP contribution in [0, 0.1) is 11.8 Å². The Morgan fingerprint density at radius 1 is 1.26 bits per heavy atom. The SMILES string of the molecule is C/C=C(\C=C1\C(c2cc(S(C)(=O)=O)ccc2OCC2CC2)=CN(C)C(=O)C1C)c1cnn(C)c1. The molecule has 1 aliphatic heterocycles. The molecule has 4 rings (SSSR count). The molecular formula is C26H31N3O4S. The van der Waals surface area contributed by atoms with Gasteiger partial charge in [0.25, 0.3) is 0 Å². The summed E-state index contributed by atoms with van der Waals surface area (Å²) in [6.07, 6.45) is 12.9. The van der Waals surface area contributed by atoms with Gasteiger partial charge >= 0.3 is 0 Å². The second-order valence-corrected chi connectivity index (χ2v) is 11.2. The van der Waals surface area contributed by atoms with Crippen molar-refractivity contribution in [3.05, 3.63) is 65.6 Å². The highest BCUT2D eigenvalue weighted by atomic mass is 32.2. The van der Waals surface area contributed by atoms with Crippen LogP contribution in [0.1, 0.15) is 37.8 Å². The molecule has 7 nitrogen and oxygen atoms in total. The number of hydrogen-bond acceptors (Lipinski definition) is 5. The molecule has 8 heteroatoms. The number of allylic oxidation sites excluding steroid dienone is 4. The van der Waals surface area contributed by atoms with Gasteiger partial charge in [0.05, 0.1) is 23.6 Å².